The van der Waals surface area contributed by atoms with E-state index in [4.69, 9.17) is 47.3 Å². The van der Waals surface area contributed by atoms with Crippen LogP contribution in [-0.4, -0.2) is 85.0 Å². The van der Waals surface area contributed by atoms with Crippen molar-refractivity contribution in [1.29, 1.82) is 0 Å². The highest BCUT2D eigenvalue weighted by Gasteiger charge is 2.57. The number of halogens is 6. The number of rotatable bonds is 18. The second kappa shape index (κ2) is 36.8. The topological polar surface area (TPSA) is 215 Å². The fourth-order valence-corrected chi connectivity index (χ4v) is 18.0. The van der Waals surface area contributed by atoms with Gasteiger partial charge in [0.1, 0.15) is 35.6 Å². The number of benzene rings is 6. The molecule has 6 aliphatic carbocycles. The van der Waals surface area contributed by atoms with Crippen molar-refractivity contribution >= 4 is 162 Å². The molecule has 7 fully saturated rings. The van der Waals surface area contributed by atoms with Crippen LogP contribution < -0.4 is 36.7 Å². The minimum Gasteiger partial charge on any atom is -0.485 e. The molecule has 6 aromatic rings. The lowest BCUT2D eigenvalue weighted by atomic mass is 9.80. The molecule has 3 spiro atoms. The van der Waals surface area contributed by atoms with Crippen LogP contribution in [0.1, 0.15) is 187 Å². The molecule has 3 amide bonds. The number of aliphatic imine (C=N–C) groups is 2. The van der Waals surface area contributed by atoms with Crippen molar-refractivity contribution in [3.05, 3.63) is 192 Å². The molecule has 0 radical (unpaired) electrons. The molecule has 18 rings (SSSR count). The minimum absolute atomic E-state index is 0. The van der Waals surface area contributed by atoms with Gasteiger partial charge in [-0.05, 0) is 158 Å². The van der Waals surface area contributed by atoms with Crippen molar-refractivity contribution in [2.24, 2.45) is 51.2 Å². The summed E-state index contributed by atoms with van der Waals surface area (Å²) < 4.78 is 21.6. The number of aliphatic hydroxyl groups excluding tert-OH is 1. The molecule has 6 heterocycles. The Kier molecular flexibility index (Phi) is 28.5. The predicted octanol–water partition coefficient (Wildman–Crippen LogP) is 19.9. The molecule has 6 aromatic carbocycles. The Bertz CT molecular complexity index is 3970. The number of carbonyl (C=O) groups is 3. The second-order valence-electron chi connectivity index (χ2n) is 29.2. The van der Waals surface area contributed by atoms with Crippen molar-refractivity contribution in [2.75, 3.05) is 36.1 Å². The average Bonchev–Trinajstić information content (AvgIpc) is 1.25. The number of nitrogens with zero attached hydrogens (tertiary/aromatic N) is 4. The number of thiocarbonyl (C=S) groups is 1. The maximum atomic E-state index is 14.2. The van der Waals surface area contributed by atoms with E-state index in [0.717, 1.165) is 125 Å². The molecule has 23 heteroatoms. The standard InChI is InChI=1S/C27H29BrN2O2S.C22H22BrN3O2.C17H13BrN2O2S.2C5H9Br.C5H10O.HI.H3N/c28-21-10-11-23-22(16-21)27(17-24(32-23)20-4-2-1-3-5-20)25(31)30(14-12-18-6-7-18)26(29-27)33-15-13-19-8-9-19;23-16-8-9-18-17(12-16)22(13-19(28-18)15-4-2-1-3-5-15)20(27)26(21(24)25-22)11-10-14-6-7-14;18-11-6-7-13-12(8-11)17(15(21)19-16(23)20-17)9-14(22-13)10-4-2-1-3-5-10;3*6-4-3-5-1-2-5;;/h1-5,10-11,16,18-19,24H,6-9,12-15,17H2;1-5,8-9,12,14,19H,6-7,10-11,13H2,(H2,24,25);1-8,14H,9H2,(H2,19,20,21,23);2*5H,1-4H2;5-6H,1-4H2;1H;1H3. The molecule has 15 nitrogen and oxygen atoms in total. The van der Waals surface area contributed by atoms with E-state index in [0.29, 0.717) is 55.0 Å². The zero-order valence-electron chi connectivity index (χ0n) is 58.7. The first-order valence-corrected chi connectivity index (χ1v) is 42.7. The fourth-order valence-electron chi connectivity index (χ4n) is 14.1. The van der Waals surface area contributed by atoms with Gasteiger partial charge in [-0.3, -0.25) is 24.2 Å². The highest BCUT2D eigenvalue weighted by atomic mass is 127. The van der Waals surface area contributed by atoms with Gasteiger partial charge in [-0.25, -0.2) is 9.98 Å². The summed E-state index contributed by atoms with van der Waals surface area (Å²) in [7, 11) is 0. The molecule has 6 aliphatic heterocycles. The fraction of sp³-hybridized carbons (Fsp3) is 0.481. The quantitative estimate of drug-likeness (QED) is 0.0309. The molecule has 556 valence electrons. The summed E-state index contributed by atoms with van der Waals surface area (Å²) >= 11 is 24.4. The predicted molar refractivity (Wildman–Crippen MR) is 449 cm³/mol. The molecule has 8 N–H and O–H groups in total. The minimum atomic E-state index is -1.02. The van der Waals surface area contributed by atoms with E-state index in [1.165, 1.54) is 107 Å². The maximum absolute atomic E-state index is 14.2. The first-order chi connectivity index (χ1) is 49.6. The summed E-state index contributed by atoms with van der Waals surface area (Å²) in [4.78, 5) is 54.3. The molecular weight excluding hydrogens is 1790 g/mol. The number of alkyl halides is 2. The van der Waals surface area contributed by atoms with Crippen LogP contribution in [-0.2, 0) is 31.0 Å². The van der Waals surface area contributed by atoms with E-state index in [1.807, 2.05) is 138 Å². The third-order valence-corrected chi connectivity index (χ3v) is 24.8. The summed E-state index contributed by atoms with van der Waals surface area (Å²) in [6.45, 7) is 1.81. The van der Waals surface area contributed by atoms with Crippen LogP contribution >= 0.6 is 128 Å². The largest absolute Gasteiger partial charge is 0.485 e. The number of fused-ring (bicyclic) bond motifs is 6. The smallest absolute Gasteiger partial charge is 0.262 e. The Balaban J connectivity index is 0.000000139. The number of thioether (sulfide) groups is 1. The van der Waals surface area contributed by atoms with Crippen molar-refractivity contribution in [3.8, 4) is 17.2 Å². The first-order valence-electron chi connectivity index (χ1n) is 36.7. The number of hydrogen-bond donors (Lipinski definition) is 5. The van der Waals surface area contributed by atoms with Gasteiger partial charge in [0.05, 0.1) is 0 Å². The third-order valence-electron chi connectivity index (χ3n) is 21.2. The van der Waals surface area contributed by atoms with Gasteiger partial charge >= 0.3 is 0 Å². The van der Waals surface area contributed by atoms with E-state index >= 15 is 0 Å². The second-order valence-corrected chi connectivity index (χ2v) is 35.0. The number of amidine groups is 1. The van der Waals surface area contributed by atoms with Crippen molar-refractivity contribution in [3.63, 3.8) is 0 Å². The van der Waals surface area contributed by atoms with Crippen molar-refractivity contribution in [1.82, 2.24) is 26.6 Å². The third kappa shape index (κ3) is 20.3. The van der Waals surface area contributed by atoms with Crippen LogP contribution in [0.5, 0.6) is 17.2 Å². The zero-order chi connectivity index (χ0) is 71.0. The van der Waals surface area contributed by atoms with Gasteiger partial charge in [-0.1, -0.05) is 259 Å². The summed E-state index contributed by atoms with van der Waals surface area (Å²) in [5, 5.41) is 17.9. The molecule has 6 saturated carbocycles. The maximum Gasteiger partial charge on any atom is 0.262 e. The molecule has 1 saturated heterocycles. The van der Waals surface area contributed by atoms with E-state index in [9.17, 15) is 14.4 Å². The van der Waals surface area contributed by atoms with Crippen LogP contribution in [0.25, 0.3) is 0 Å². The van der Waals surface area contributed by atoms with Crippen LogP contribution in [0.4, 0.5) is 0 Å². The SMILES string of the molecule is BrCCC1CC1.BrCCC1CC1.I.N.NC1=NC2(CC(c3ccccc3)Oc3ccc(Br)cc32)C(=O)N1CCC1CC1.O=C1N(CCC2CC2)C(SCCC2CC2)=NC12CC(c1ccccc1)Oc1ccc(Br)cc12.O=C1NC(=S)NC12CC(c1ccccc1)Oc1ccc(Br)cc12.OCCC1CC1. The molecule has 12 aliphatic rings. The van der Waals surface area contributed by atoms with Crippen LogP contribution in [0, 0.1) is 35.5 Å². The average molecular weight is 1880 g/mol. The number of amides is 3. The van der Waals surface area contributed by atoms with Gasteiger partial charge in [0.15, 0.2) is 32.9 Å². The molecule has 6 unspecified atom stereocenters. The summed E-state index contributed by atoms with van der Waals surface area (Å²) in [5.74, 6) is 8.96. The Hall–Kier alpha value is -4.44. The Morgan fingerprint density at radius 1 is 0.510 bits per heavy atom. The molecule has 104 heavy (non-hydrogen) atoms. The number of carbonyl (C=O) groups excluding carboxylic acids is 3. The van der Waals surface area contributed by atoms with Gasteiger partial charge in [0.25, 0.3) is 17.7 Å². The van der Waals surface area contributed by atoms with Crippen molar-refractivity contribution in [2.45, 2.75) is 170 Å². The van der Waals surface area contributed by atoms with Crippen LogP contribution in [0.15, 0.2) is 169 Å². The number of ether oxygens (including phenoxy) is 3. The van der Waals surface area contributed by atoms with E-state index in [1.54, 1.807) is 16.7 Å². The van der Waals surface area contributed by atoms with Gasteiger partial charge in [-0.2, -0.15) is 0 Å². The monoisotopic (exact) mass is 1880 g/mol. The lowest BCUT2D eigenvalue weighted by Gasteiger charge is -2.38. The zero-order valence-corrected chi connectivity index (χ0v) is 70.6. The number of guanidine groups is 1. The highest BCUT2D eigenvalue weighted by Crippen LogP contribution is 2.54. The molecular formula is C81H96Br5IN8O7S2. The van der Waals surface area contributed by atoms with E-state index in [-0.39, 0.29) is 66.2 Å². The van der Waals surface area contributed by atoms with Gasteiger partial charge < -0.3 is 41.8 Å². The van der Waals surface area contributed by atoms with Gasteiger partial charge in [0.2, 0.25) is 0 Å². The van der Waals surface area contributed by atoms with Crippen molar-refractivity contribution < 1.29 is 33.7 Å². The highest BCUT2D eigenvalue weighted by molar-refractivity contribution is 14.0. The summed E-state index contributed by atoms with van der Waals surface area (Å²) in [6.07, 6.45) is 24.4. The Labute approximate surface area is 682 Å². The molecule has 6 atom stereocenters. The van der Waals surface area contributed by atoms with E-state index < -0.39 is 16.6 Å². The number of hydrogen-bond acceptors (Lipinski definition) is 13. The van der Waals surface area contributed by atoms with Crippen LogP contribution in [0.3, 0.4) is 0 Å². The van der Waals surface area contributed by atoms with Gasteiger partial charge in [-0.15, -0.1) is 24.0 Å². The summed E-state index contributed by atoms with van der Waals surface area (Å²) in [5.41, 5.74) is 9.08. The number of nitrogens with one attached hydrogen (secondary N) is 2. The molecule has 0 aromatic heterocycles. The first kappa shape index (κ1) is 80.6. The Morgan fingerprint density at radius 3 is 1.28 bits per heavy atom. The lowest BCUT2D eigenvalue weighted by Crippen LogP contribution is -2.48. The van der Waals surface area contributed by atoms with E-state index in [2.05, 4.69) is 102 Å². The normalized spacial score (nSPS) is 24.8. The molecule has 0 bridgehead atoms. The lowest BCUT2D eigenvalue weighted by molar-refractivity contribution is -0.134. The van der Waals surface area contributed by atoms with Crippen LogP contribution in [0.2, 0.25) is 0 Å². The van der Waals surface area contributed by atoms with Gasteiger partial charge in [0, 0.05) is 85.5 Å². The summed E-state index contributed by atoms with van der Waals surface area (Å²) in [6, 6.07) is 47.6. The number of aliphatic hydroxyl groups is 1. The Morgan fingerprint density at radius 2 is 0.885 bits per heavy atom. The number of nitrogens with two attached hydrogens (primary N) is 1.